The highest BCUT2D eigenvalue weighted by molar-refractivity contribution is 6.09. The second-order valence-electron chi connectivity index (χ2n) is 9.78. The van der Waals surface area contributed by atoms with E-state index in [2.05, 4.69) is 158 Å². The quantitative estimate of drug-likeness (QED) is 0.164. The molecule has 5 aromatic rings. The van der Waals surface area contributed by atoms with Crippen molar-refractivity contribution in [1.29, 1.82) is 0 Å². The molecule has 2 nitrogen and oxygen atoms in total. The average molecular weight is 521 g/mol. The molecule has 0 aromatic heterocycles. The van der Waals surface area contributed by atoms with Gasteiger partial charge in [-0.3, -0.25) is 0 Å². The van der Waals surface area contributed by atoms with Crippen LogP contribution in [0.1, 0.15) is 49.9 Å². The summed E-state index contributed by atoms with van der Waals surface area (Å²) in [6.45, 7) is 12.7. The van der Waals surface area contributed by atoms with E-state index < -0.39 is 0 Å². The molecule has 5 rings (SSSR count). The first-order chi connectivity index (χ1) is 19.7. The molecule has 0 aliphatic carbocycles. The molecule has 0 amide bonds. The number of hydrogen-bond acceptors (Lipinski definition) is 2. The second kappa shape index (κ2) is 12.5. The molecule has 0 atom stereocenters. The summed E-state index contributed by atoms with van der Waals surface area (Å²) in [5.41, 5.74) is 6.60. The molecule has 5 aromatic carbocycles. The topological polar surface area (TPSA) is 6.48 Å². The lowest BCUT2D eigenvalue weighted by Gasteiger charge is -2.20. The maximum Gasteiger partial charge on any atom is 0.0406 e. The molecular formula is C38H36N2. The monoisotopic (exact) mass is 520 g/mol. The minimum atomic E-state index is 0.996. The van der Waals surface area contributed by atoms with Gasteiger partial charge >= 0.3 is 0 Å². The van der Waals surface area contributed by atoms with Crippen molar-refractivity contribution in [1.82, 2.24) is 0 Å². The van der Waals surface area contributed by atoms with Gasteiger partial charge in [-0.1, -0.05) is 72.2 Å². The molecule has 0 N–H and O–H groups in total. The molecule has 0 unspecified atom stereocenters. The Morgan fingerprint density at radius 3 is 0.975 bits per heavy atom. The Labute approximate surface area is 239 Å². The first-order valence-corrected chi connectivity index (χ1v) is 14.3. The van der Waals surface area contributed by atoms with Gasteiger partial charge in [-0.15, -0.1) is 0 Å². The van der Waals surface area contributed by atoms with Crippen LogP contribution in [0.25, 0.3) is 21.5 Å². The lowest BCUT2D eigenvalue weighted by molar-refractivity contribution is 0.866. The van der Waals surface area contributed by atoms with Gasteiger partial charge in [0.25, 0.3) is 0 Å². The maximum atomic E-state index is 3.54. The standard InChI is InChI=1S/C38H36N2/c1-5-39(6-2)31-23-17-29(18-24-31)21-27-37-33-13-9-11-15-35(33)38(36-16-12-10-14-34(36)37)28-22-30-19-25-32(26-20-30)40(7-3)8-4/h9-20,23-26H,5-8H2,1-4H3. The van der Waals surface area contributed by atoms with E-state index in [1.165, 1.54) is 11.4 Å². The summed E-state index contributed by atoms with van der Waals surface area (Å²) in [5, 5.41) is 4.54. The Bertz CT molecular complexity index is 1540. The van der Waals surface area contributed by atoms with Gasteiger partial charge in [0.2, 0.25) is 0 Å². The molecule has 40 heavy (non-hydrogen) atoms. The first kappa shape index (κ1) is 26.9. The summed E-state index contributed by atoms with van der Waals surface area (Å²) >= 11 is 0. The van der Waals surface area contributed by atoms with E-state index in [4.69, 9.17) is 0 Å². The van der Waals surface area contributed by atoms with Crippen LogP contribution in [0, 0.1) is 23.7 Å². The molecule has 0 saturated carbocycles. The van der Waals surface area contributed by atoms with Crippen LogP contribution < -0.4 is 9.80 Å². The molecule has 0 aliphatic rings. The lowest BCUT2D eigenvalue weighted by Crippen LogP contribution is -2.21. The van der Waals surface area contributed by atoms with E-state index in [0.29, 0.717) is 0 Å². The van der Waals surface area contributed by atoms with Crippen molar-refractivity contribution in [2.75, 3.05) is 36.0 Å². The third-order valence-corrected chi connectivity index (χ3v) is 7.59. The summed E-state index contributed by atoms with van der Waals surface area (Å²) in [4.78, 5) is 4.69. The minimum Gasteiger partial charge on any atom is -0.372 e. The zero-order chi connectivity index (χ0) is 27.9. The normalized spacial score (nSPS) is 10.5. The predicted molar refractivity (Wildman–Crippen MR) is 173 cm³/mol. The van der Waals surface area contributed by atoms with Gasteiger partial charge in [0.15, 0.2) is 0 Å². The maximum absolute atomic E-state index is 3.54. The molecule has 0 heterocycles. The lowest BCUT2D eigenvalue weighted by atomic mass is 9.92. The highest BCUT2D eigenvalue weighted by atomic mass is 15.1. The third-order valence-electron chi connectivity index (χ3n) is 7.59. The summed E-state index contributed by atoms with van der Waals surface area (Å²) in [7, 11) is 0. The molecule has 0 aliphatic heterocycles. The van der Waals surface area contributed by atoms with Crippen molar-refractivity contribution in [2.45, 2.75) is 27.7 Å². The van der Waals surface area contributed by atoms with Gasteiger partial charge < -0.3 is 9.80 Å². The minimum absolute atomic E-state index is 0.996. The molecule has 0 bridgehead atoms. The summed E-state index contributed by atoms with van der Waals surface area (Å²) in [6, 6.07) is 34.2. The predicted octanol–water partition coefficient (Wildman–Crippen LogP) is 8.49. The summed E-state index contributed by atoms with van der Waals surface area (Å²) < 4.78 is 0. The number of fused-ring (bicyclic) bond motifs is 2. The number of benzene rings is 5. The van der Waals surface area contributed by atoms with Crippen LogP contribution in [0.4, 0.5) is 11.4 Å². The molecule has 0 radical (unpaired) electrons. The Kier molecular flexibility index (Phi) is 8.39. The zero-order valence-corrected chi connectivity index (χ0v) is 24.0. The number of rotatable bonds is 6. The largest absolute Gasteiger partial charge is 0.372 e. The van der Waals surface area contributed by atoms with Crippen LogP contribution in [0.15, 0.2) is 97.1 Å². The van der Waals surface area contributed by atoms with E-state index in [1.54, 1.807) is 0 Å². The fourth-order valence-electron chi connectivity index (χ4n) is 5.36. The van der Waals surface area contributed by atoms with Crippen LogP contribution in [0.5, 0.6) is 0 Å². The van der Waals surface area contributed by atoms with Crippen molar-refractivity contribution in [2.24, 2.45) is 0 Å². The third kappa shape index (κ3) is 5.54. The Morgan fingerprint density at radius 2 is 0.700 bits per heavy atom. The van der Waals surface area contributed by atoms with Crippen molar-refractivity contribution in [3.05, 3.63) is 119 Å². The summed E-state index contributed by atoms with van der Waals surface area (Å²) in [6.07, 6.45) is 0. The van der Waals surface area contributed by atoms with E-state index >= 15 is 0 Å². The van der Waals surface area contributed by atoms with Gasteiger partial charge in [-0.25, -0.2) is 0 Å². The molecule has 0 saturated heterocycles. The SMILES string of the molecule is CCN(CC)c1ccc(C#Cc2c3ccccc3c(C#Cc3ccc(N(CC)CC)cc3)c3ccccc23)cc1. The number of nitrogens with zero attached hydrogens (tertiary/aromatic N) is 2. The average Bonchev–Trinajstić information content (AvgIpc) is 3.01. The van der Waals surface area contributed by atoms with E-state index in [0.717, 1.165) is 70.0 Å². The van der Waals surface area contributed by atoms with Crippen LogP contribution in [-0.4, -0.2) is 26.2 Å². The van der Waals surface area contributed by atoms with Crippen LogP contribution in [0.3, 0.4) is 0 Å². The van der Waals surface area contributed by atoms with Gasteiger partial charge in [0, 0.05) is 59.8 Å². The second-order valence-corrected chi connectivity index (χ2v) is 9.78. The van der Waals surface area contributed by atoms with Gasteiger partial charge in [0.05, 0.1) is 0 Å². The van der Waals surface area contributed by atoms with Gasteiger partial charge in [-0.05, 0) is 97.8 Å². The number of anilines is 2. The van der Waals surface area contributed by atoms with E-state index in [9.17, 15) is 0 Å². The van der Waals surface area contributed by atoms with Gasteiger partial charge in [0.1, 0.15) is 0 Å². The Balaban J connectivity index is 1.58. The van der Waals surface area contributed by atoms with E-state index in [-0.39, 0.29) is 0 Å². The highest BCUT2D eigenvalue weighted by Crippen LogP contribution is 2.32. The molecule has 0 fully saturated rings. The summed E-state index contributed by atoms with van der Waals surface area (Å²) in [5.74, 6) is 14.0. The first-order valence-electron chi connectivity index (χ1n) is 14.3. The van der Waals surface area contributed by atoms with E-state index in [1.807, 2.05) is 0 Å². The molecule has 198 valence electrons. The van der Waals surface area contributed by atoms with Crippen LogP contribution in [-0.2, 0) is 0 Å². The Hall–Kier alpha value is -4.66. The van der Waals surface area contributed by atoms with Gasteiger partial charge in [-0.2, -0.15) is 0 Å². The zero-order valence-electron chi connectivity index (χ0n) is 24.0. The van der Waals surface area contributed by atoms with Crippen molar-refractivity contribution in [3.63, 3.8) is 0 Å². The van der Waals surface area contributed by atoms with Crippen LogP contribution >= 0.6 is 0 Å². The van der Waals surface area contributed by atoms with Crippen molar-refractivity contribution in [3.8, 4) is 23.7 Å². The van der Waals surface area contributed by atoms with Crippen molar-refractivity contribution < 1.29 is 0 Å². The van der Waals surface area contributed by atoms with Crippen LogP contribution in [0.2, 0.25) is 0 Å². The fourth-order valence-corrected chi connectivity index (χ4v) is 5.36. The molecular weight excluding hydrogens is 484 g/mol. The van der Waals surface area contributed by atoms with Crippen molar-refractivity contribution >= 4 is 32.9 Å². The smallest absolute Gasteiger partial charge is 0.0406 e. The fraction of sp³-hybridized carbons (Fsp3) is 0.211. The Morgan fingerprint density at radius 1 is 0.400 bits per heavy atom. The number of hydrogen-bond donors (Lipinski definition) is 0. The molecule has 0 spiro atoms. The molecule has 2 heteroatoms. The highest BCUT2D eigenvalue weighted by Gasteiger charge is 2.11.